The fourth-order valence-corrected chi connectivity index (χ4v) is 4.39. The third kappa shape index (κ3) is 4.06. The molecule has 0 aliphatic carbocycles. The molecule has 0 aliphatic rings. The summed E-state index contributed by atoms with van der Waals surface area (Å²) in [5.41, 5.74) is 6.04. The van der Waals surface area contributed by atoms with Crippen molar-refractivity contribution in [1.82, 2.24) is 9.55 Å². The maximum Gasteiger partial charge on any atom is 0.338 e. The van der Waals surface area contributed by atoms with Gasteiger partial charge in [0.25, 0.3) is 0 Å². The quantitative estimate of drug-likeness (QED) is 0.273. The number of carbonyl (C=O) groups is 1. The Kier molecular flexibility index (Phi) is 5.86. The van der Waals surface area contributed by atoms with Crippen LogP contribution < -0.4 is 4.74 Å². The van der Waals surface area contributed by atoms with Gasteiger partial charge in [-0.3, -0.25) is 0 Å². The molecule has 170 valence electrons. The van der Waals surface area contributed by atoms with E-state index >= 15 is 0 Å². The molecule has 0 bridgehead atoms. The lowest BCUT2D eigenvalue weighted by atomic mass is 10.1. The van der Waals surface area contributed by atoms with Gasteiger partial charge in [-0.15, -0.1) is 0 Å². The third-order valence-corrected chi connectivity index (χ3v) is 6.08. The molecule has 0 saturated carbocycles. The van der Waals surface area contributed by atoms with Crippen LogP contribution >= 0.6 is 11.6 Å². The number of nitrogens with one attached hydrogen (secondary N) is 1. The molecule has 2 aromatic heterocycles. The number of aromatic nitrogens is 2. The standard InChI is InChI=1S/C28H23ClN2O3/c1-18-8-10-26(24-14-20(29)9-11-27(24)34-17-19-6-4-3-5-7-19)31(18)21-15-23(28(32)33-2)22-12-13-30-25(22)16-21/h3-16,30H,17H2,1-2H3. The zero-order valence-electron chi connectivity index (χ0n) is 18.8. The average Bonchev–Trinajstić information content (AvgIpc) is 3.49. The Morgan fingerprint density at radius 1 is 1.00 bits per heavy atom. The predicted molar refractivity (Wildman–Crippen MR) is 135 cm³/mol. The van der Waals surface area contributed by atoms with Gasteiger partial charge in [-0.05, 0) is 61.0 Å². The monoisotopic (exact) mass is 470 g/mol. The number of fused-ring (bicyclic) bond motifs is 1. The van der Waals surface area contributed by atoms with Crippen LogP contribution in [0.15, 0.2) is 85.1 Å². The van der Waals surface area contributed by atoms with Gasteiger partial charge in [-0.25, -0.2) is 4.79 Å². The maximum absolute atomic E-state index is 12.5. The van der Waals surface area contributed by atoms with Gasteiger partial charge in [0.05, 0.1) is 18.4 Å². The molecule has 0 radical (unpaired) electrons. The van der Waals surface area contributed by atoms with E-state index in [0.29, 0.717) is 17.2 Å². The number of H-pyrrole nitrogens is 1. The van der Waals surface area contributed by atoms with E-state index in [9.17, 15) is 4.79 Å². The molecule has 0 atom stereocenters. The zero-order chi connectivity index (χ0) is 23.7. The minimum absolute atomic E-state index is 0.382. The molecule has 1 N–H and O–H groups in total. The van der Waals surface area contributed by atoms with E-state index < -0.39 is 0 Å². The summed E-state index contributed by atoms with van der Waals surface area (Å²) in [7, 11) is 1.39. The van der Waals surface area contributed by atoms with Crippen molar-refractivity contribution >= 4 is 28.5 Å². The number of halogens is 1. The van der Waals surface area contributed by atoms with Crippen LogP contribution in [0, 0.1) is 6.92 Å². The van der Waals surface area contributed by atoms with Gasteiger partial charge in [0.1, 0.15) is 12.4 Å². The number of nitrogens with zero attached hydrogens (tertiary/aromatic N) is 1. The second kappa shape index (κ2) is 9.12. The average molecular weight is 471 g/mol. The Morgan fingerprint density at radius 3 is 2.62 bits per heavy atom. The first-order valence-corrected chi connectivity index (χ1v) is 11.3. The first-order chi connectivity index (χ1) is 16.5. The highest BCUT2D eigenvalue weighted by Crippen LogP contribution is 2.37. The molecule has 0 saturated heterocycles. The first kappa shape index (κ1) is 21.9. The zero-order valence-corrected chi connectivity index (χ0v) is 19.6. The molecule has 5 nitrogen and oxygen atoms in total. The lowest BCUT2D eigenvalue weighted by molar-refractivity contribution is 0.0603. The molecule has 3 aromatic carbocycles. The van der Waals surface area contributed by atoms with Gasteiger partial charge in [0.2, 0.25) is 0 Å². The van der Waals surface area contributed by atoms with Gasteiger partial charge in [-0.1, -0.05) is 41.9 Å². The van der Waals surface area contributed by atoms with Crippen LogP contribution in [0.4, 0.5) is 0 Å². The van der Waals surface area contributed by atoms with Crippen LogP contribution in [-0.2, 0) is 11.3 Å². The number of methoxy groups -OCH3 is 1. The highest BCUT2D eigenvalue weighted by atomic mass is 35.5. The highest BCUT2D eigenvalue weighted by Gasteiger charge is 2.19. The number of esters is 1. The molecule has 6 heteroatoms. The van der Waals surface area contributed by atoms with Crippen molar-refractivity contribution in [3.63, 3.8) is 0 Å². The van der Waals surface area contributed by atoms with E-state index in [0.717, 1.165) is 44.9 Å². The summed E-state index contributed by atoms with van der Waals surface area (Å²) in [6, 6.07) is 25.5. The van der Waals surface area contributed by atoms with Gasteiger partial charge in [-0.2, -0.15) is 0 Å². The molecule has 0 spiro atoms. The van der Waals surface area contributed by atoms with Crippen molar-refractivity contribution in [2.75, 3.05) is 7.11 Å². The van der Waals surface area contributed by atoms with Gasteiger partial charge in [0.15, 0.2) is 0 Å². The Morgan fingerprint density at radius 2 is 1.82 bits per heavy atom. The van der Waals surface area contributed by atoms with Crippen LogP contribution in [0.2, 0.25) is 5.02 Å². The van der Waals surface area contributed by atoms with E-state index in [1.54, 1.807) is 0 Å². The van der Waals surface area contributed by atoms with Gasteiger partial charge < -0.3 is 19.0 Å². The SMILES string of the molecule is COC(=O)c1cc(-n2c(C)ccc2-c2cc(Cl)ccc2OCc2ccccc2)cc2[nH]ccc12. The number of hydrogen-bond acceptors (Lipinski definition) is 3. The molecule has 5 aromatic rings. The first-order valence-electron chi connectivity index (χ1n) is 10.9. The molecule has 5 rings (SSSR count). The molecular formula is C28H23ClN2O3. The molecule has 0 amide bonds. The second-order valence-electron chi connectivity index (χ2n) is 8.03. The van der Waals surface area contributed by atoms with E-state index in [1.165, 1.54) is 7.11 Å². The largest absolute Gasteiger partial charge is 0.488 e. The Labute approximate surface area is 202 Å². The van der Waals surface area contributed by atoms with E-state index in [1.807, 2.05) is 92.0 Å². The summed E-state index contributed by atoms with van der Waals surface area (Å²) >= 11 is 6.41. The molecule has 0 aliphatic heterocycles. The minimum atomic E-state index is -0.382. The third-order valence-electron chi connectivity index (χ3n) is 5.85. The summed E-state index contributed by atoms with van der Waals surface area (Å²) in [6.07, 6.45) is 1.82. The van der Waals surface area contributed by atoms with Crippen molar-refractivity contribution in [3.05, 3.63) is 107 Å². The number of aromatic amines is 1. The molecule has 34 heavy (non-hydrogen) atoms. The van der Waals surface area contributed by atoms with E-state index in [-0.39, 0.29) is 5.97 Å². The van der Waals surface area contributed by atoms with Crippen LogP contribution in [0.25, 0.3) is 27.8 Å². The molecule has 0 unspecified atom stereocenters. The second-order valence-corrected chi connectivity index (χ2v) is 8.47. The number of ether oxygens (including phenoxy) is 2. The normalized spacial score (nSPS) is 11.0. The number of aryl methyl sites for hydroxylation is 1. The predicted octanol–water partition coefficient (Wildman–Crippen LogP) is 6.95. The maximum atomic E-state index is 12.5. The van der Waals surface area contributed by atoms with Gasteiger partial charge >= 0.3 is 5.97 Å². The number of hydrogen-bond donors (Lipinski definition) is 1. The van der Waals surface area contributed by atoms with Crippen molar-refractivity contribution in [3.8, 4) is 22.7 Å². The Hall–Kier alpha value is -3.96. The minimum Gasteiger partial charge on any atom is -0.488 e. The van der Waals surface area contributed by atoms with Crippen molar-refractivity contribution in [2.45, 2.75) is 13.5 Å². The van der Waals surface area contributed by atoms with Crippen LogP contribution in [-0.4, -0.2) is 22.6 Å². The smallest absolute Gasteiger partial charge is 0.338 e. The van der Waals surface area contributed by atoms with Crippen LogP contribution in [0.1, 0.15) is 21.6 Å². The summed E-state index contributed by atoms with van der Waals surface area (Å²) < 4.78 is 13.3. The van der Waals surface area contributed by atoms with Crippen molar-refractivity contribution in [1.29, 1.82) is 0 Å². The summed E-state index contributed by atoms with van der Waals surface area (Å²) in [6.45, 7) is 2.46. The lowest BCUT2D eigenvalue weighted by Gasteiger charge is -2.17. The number of rotatable bonds is 6. The molecule has 0 fully saturated rings. The molecular weight excluding hydrogens is 448 g/mol. The molecule has 2 heterocycles. The summed E-state index contributed by atoms with van der Waals surface area (Å²) in [4.78, 5) is 15.7. The Bertz CT molecular complexity index is 1480. The fourth-order valence-electron chi connectivity index (χ4n) is 4.21. The van der Waals surface area contributed by atoms with Crippen molar-refractivity contribution in [2.24, 2.45) is 0 Å². The fraction of sp³-hybridized carbons (Fsp3) is 0.107. The van der Waals surface area contributed by atoms with E-state index in [4.69, 9.17) is 21.1 Å². The number of carbonyl (C=O) groups excluding carboxylic acids is 1. The Balaban J connectivity index is 1.63. The lowest BCUT2D eigenvalue weighted by Crippen LogP contribution is -2.06. The van der Waals surface area contributed by atoms with Crippen molar-refractivity contribution < 1.29 is 14.3 Å². The summed E-state index contributed by atoms with van der Waals surface area (Å²) in [5.74, 6) is 0.342. The summed E-state index contributed by atoms with van der Waals surface area (Å²) in [5, 5.41) is 1.43. The van der Waals surface area contributed by atoms with E-state index in [2.05, 4.69) is 9.55 Å². The van der Waals surface area contributed by atoms with Crippen LogP contribution in [0.5, 0.6) is 5.75 Å². The highest BCUT2D eigenvalue weighted by molar-refractivity contribution is 6.31. The number of benzene rings is 3. The van der Waals surface area contributed by atoms with Crippen LogP contribution in [0.3, 0.4) is 0 Å². The topological polar surface area (TPSA) is 56.2 Å². The van der Waals surface area contributed by atoms with Gasteiger partial charge in [0, 0.05) is 39.1 Å².